The summed E-state index contributed by atoms with van der Waals surface area (Å²) in [5.41, 5.74) is 0. The predicted molar refractivity (Wildman–Crippen MR) is 106 cm³/mol. The summed E-state index contributed by atoms with van der Waals surface area (Å²) < 4.78 is 10.6. The van der Waals surface area contributed by atoms with Crippen LogP contribution in [-0.2, 0) is 9.53 Å². The Morgan fingerprint density at radius 3 is 2.81 bits per heavy atom. The summed E-state index contributed by atoms with van der Waals surface area (Å²) in [5, 5.41) is 8.84. The Morgan fingerprint density at radius 2 is 2.22 bits per heavy atom. The maximum Gasteiger partial charge on any atom is 0.242 e. The standard InChI is InChI=1S/C19H28N4O3S/c1-4-15(19(24)20-18-12-14(2)26-21-18)22(3)13-16(17-6-5-11-27-17)23-7-9-25-10-8-23/h5-6,11-12,15-16H,4,7-10,13H2,1-3H3,(H,20,21,24). The van der Waals surface area contributed by atoms with E-state index in [9.17, 15) is 4.79 Å². The van der Waals surface area contributed by atoms with E-state index in [4.69, 9.17) is 9.26 Å². The summed E-state index contributed by atoms with van der Waals surface area (Å²) in [4.78, 5) is 18.7. The van der Waals surface area contributed by atoms with E-state index in [1.807, 2.05) is 14.0 Å². The number of aromatic nitrogens is 1. The zero-order valence-electron chi connectivity index (χ0n) is 16.2. The molecule has 0 aromatic carbocycles. The first-order valence-corrected chi connectivity index (χ1v) is 10.3. The number of hydrogen-bond acceptors (Lipinski definition) is 7. The van der Waals surface area contributed by atoms with Crippen LogP contribution in [0.5, 0.6) is 0 Å². The van der Waals surface area contributed by atoms with E-state index in [-0.39, 0.29) is 18.0 Å². The van der Waals surface area contributed by atoms with Crippen LogP contribution in [0, 0.1) is 6.92 Å². The van der Waals surface area contributed by atoms with Crippen LogP contribution in [0.3, 0.4) is 0 Å². The van der Waals surface area contributed by atoms with Gasteiger partial charge in [0.15, 0.2) is 5.82 Å². The molecule has 0 aliphatic carbocycles. The maximum atomic E-state index is 12.8. The highest BCUT2D eigenvalue weighted by Gasteiger charge is 2.29. The lowest BCUT2D eigenvalue weighted by atomic mass is 10.1. The normalized spacial score (nSPS) is 17.8. The van der Waals surface area contributed by atoms with E-state index < -0.39 is 0 Å². The molecular formula is C19H28N4O3S. The molecule has 1 fully saturated rings. The van der Waals surface area contributed by atoms with Gasteiger partial charge in [0.2, 0.25) is 5.91 Å². The van der Waals surface area contributed by atoms with Crippen LogP contribution >= 0.6 is 11.3 Å². The molecule has 3 heterocycles. The molecule has 2 aromatic heterocycles. The second-order valence-electron chi connectivity index (χ2n) is 6.86. The van der Waals surface area contributed by atoms with Gasteiger partial charge in [-0.25, -0.2) is 0 Å². The van der Waals surface area contributed by atoms with Gasteiger partial charge >= 0.3 is 0 Å². The Balaban J connectivity index is 1.68. The van der Waals surface area contributed by atoms with Crippen molar-refractivity contribution >= 4 is 23.1 Å². The molecule has 1 N–H and O–H groups in total. The van der Waals surface area contributed by atoms with Gasteiger partial charge in [-0.2, -0.15) is 0 Å². The highest BCUT2D eigenvalue weighted by molar-refractivity contribution is 7.10. The summed E-state index contributed by atoms with van der Waals surface area (Å²) in [6.45, 7) is 7.97. The molecule has 2 aromatic rings. The Kier molecular flexibility index (Phi) is 7.01. The number of carbonyl (C=O) groups is 1. The fourth-order valence-corrected chi connectivity index (χ4v) is 4.34. The third-order valence-electron chi connectivity index (χ3n) is 4.92. The van der Waals surface area contributed by atoms with Crippen LogP contribution < -0.4 is 5.32 Å². The number of rotatable bonds is 8. The molecule has 0 bridgehead atoms. The van der Waals surface area contributed by atoms with Gasteiger partial charge in [-0.1, -0.05) is 18.1 Å². The Morgan fingerprint density at radius 1 is 1.44 bits per heavy atom. The van der Waals surface area contributed by atoms with Gasteiger partial charge in [0.1, 0.15) is 5.76 Å². The molecule has 0 spiro atoms. The summed E-state index contributed by atoms with van der Waals surface area (Å²) in [5.74, 6) is 1.09. The molecule has 148 valence electrons. The molecule has 1 amide bonds. The van der Waals surface area contributed by atoms with E-state index in [1.165, 1.54) is 4.88 Å². The van der Waals surface area contributed by atoms with Crippen LogP contribution in [0.1, 0.15) is 30.0 Å². The van der Waals surface area contributed by atoms with Crippen molar-refractivity contribution in [2.75, 3.05) is 45.2 Å². The number of morpholine rings is 1. The quantitative estimate of drug-likeness (QED) is 0.745. The van der Waals surface area contributed by atoms with E-state index in [0.717, 1.165) is 39.3 Å². The second kappa shape index (κ2) is 9.45. The smallest absolute Gasteiger partial charge is 0.242 e. The number of carbonyl (C=O) groups excluding carboxylic acids is 1. The van der Waals surface area contributed by atoms with Crippen molar-refractivity contribution in [3.63, 3.8) is 0 Å². The first-order chi connectivity index (χ1) is 13.1. The highest BCUT2D eigenvalue weighted by Crippen LogP contribution is 2.27. The lowest BCUT2D eigenvalue weighted by molar-refractivity contribution is -0.121. The summed E-state index contributed by atoms with van der Waals surface area (Å²) in [6.07, 6.45) is 0.722. The molecule has 3 rings (SSSR count). The third-order valence-corrected chi connectivity index (χ3v) is 5.89. The van der Waals surface area contributed by atoms with E-state index >= 15 is 0 Å². The number of aryl methyl sites for hydroxylation is 1. The van der Waals surface area contributed by atoms with E-state index in [1.54, 1.807) is 24.3 Å². The molecule has 1 saturated heterocycles. The number of amides is 1. The molecule has 27 heavy (non-hydrogen) atoms. The predicted octanol–water partition coefficient (Wildman–Crippen LogP) is 2.77. The van der Waals surface area contributed by atoms with E-state index in [2.05, 4.69) is 37.8 Å². The minimum absolute atomic E-state index is 0.0554. The number of nitrogens with one attached hydrogen (secondary N) is 1. The molecule has 7 nitrogen and oxygen atoms in total. The monoisotopic (exact) mass is 392 g/mol. The van der Waals surface area contributed by atoms with Crippen molar-refractivity contribution in [3.8, 4) is 0 Å². The van der Waals surface area contributed by atoms with Crippen molar-refractivity contribution in [1.29, 1.82) is 0 Å². The molecule has 0 saturated carbocycles. The minimum atomic E-state index is -0.231. The van der Waals surface area contributed by atoms with Crippen molar-refractivity contribution < 1.29 is 14.1 Å². The average molecular weight is 393 g/mol. The van der Waals surface area contributed by atoms with Crippen LogP contribution in [0.2, 0.25) is 0 Å². The lowest BCUT2D eigenvalue weighted by Gasteiger charge is -2.37. The van der Waals surface area contributed by atoms with Crippen LogP contribution in [0.4, 0.5) is 5.82 Å². The van der Waals surface area contributed by atoms with Gasteiger partial charge in [0.05, 0.1) is 25.3 Å². The SMILES string of the molecule is CCC(C(=O)Nc1cc(C)on1)N(C)CC(c1cccs1)N1CCOCC1. The summed E-state index contributed by atoms with van der Waals surface area (Å²) in [6, 6.07) is 6.02. The second-order valence-corrected chi connectivity index (χ2v) is 7.83. The van der Waals surface area contributed by atoms with Gasteiger partial charge in [-0.05, 0) is 31.8 Å². The largest absolute Gasteiger partial charge is 0.379 e. The average Bonchev–Trinajstić information content (AvgIpc) is 3.33. The third kappa shape index (κ3) is 5.16. The zero-order valence-corrected chi connectivity index (χ0v) is 17.0. The number of thiophene rings is 1. The molecule has 8 heteroatoms. The van der Waals surface area contributed by atoms with Crippen molar-refractivity contribution in [2.45, 2.75) is 32.4 Å². The number of anilines is 1. The summed E-state index contributed by atoms with van der Waals surface area (Å²) in [7, 11) is 2.02. The van der Waals surface area contributed by atoms with Gasteiger partial charge in [0.25, 0.3) is 0 Å². The fraction of sp³-hybridized carbons (Fsp3) is 0.579. The number of nitrogens with zero attached hydrogens (tertiary/aromatic N) is 3. The molecule has 0 radical (unpaired) electrons. The number of hydrogen-bond donors (Lipinski definition) is 1. The lowest BCUT2D eigenvalue weighted by Crippen LogP contribution is -2.48. The molecule has 2 unspecified atom stereocenters. The zero-order chi connectivity index (χ0) is 19.2. The number of ether oxygens (including phenoxy) is 1. The first-order valence-electron chi connectivity index (χ1n) is 9.38. The topological polar surface area (TPSA) is 70.8 Å². The van der Waals surface area contributed by atoms with Crippen molar-refractivity contribution in [2.24, 2.45) is 0 Å². The van der Waals surface area contributed by atoms with E-state index in [0.29, 0.717) is 11.6 Å². The highest BCUT2D eigenvalue weighted by atomic mass is 32.1. The maximum absolute atomic E-state index is 12.8. The van der Waals surface area contributed by atoms with Crippen molar-refractivity contribution in [3.05, 3.63) is 34.2 Å². The van der Waals surface area contributed by atoms with Crippen LogP contribution in [0.15, 0.2) is 28.1 Å². The fourth-order valence-electron chi connectivity index (χ4n) is 3.49. The minimum Gasteiger partial charge on any atom is -0.379 e. The van der Waals surface area contributed by atoms with Crippen LogP contribution in [0.25, 0.3) is 0 Å². The van der Waals surface area contributed by atoms with Gasteiger partial charge in [-0.3, -0.25) is 14.6 Å². The first kappa shape index (κ1) is 20.0. The van der Waals surface area contributed by atoms with Gasteiger partial charge in [0, 0.05) is 30.6 Å². The molecular weight excluding hydrogens is 364 g/mol. The Hall–Kier alpha value is -1.74. The summed E-state index contributed by atoms with van der Waals surface area (Å²) >= 11 is 1.77. The van der Waals surface area contributed by atoms with Gasteiger partial charge in [-0.15, -0.1) is 11.3 Å². The number of likely N-dealkylation sites (N-methyl/N-ethyl adjacent to an activating group) is 1. The molecule has 2 atom stereocenters. The molecule has 1 aliphatic heterocycles. The molecule has 1 aliphatic rings. The Bertz CT molecular complexity index is 712. The Labute approximate surface area is 164 Å². The van der Waals surface area contributed by atoms with Crippen molar-refractivity contribution in [1.82, 2.24) is 15.0 Å². The van der Waals surface area contributed by atoms with Crippen LogP contribution in [-0.4, -0.2) is 66.8 Å². The van der Waals surface area contributed by atoms with Gasteiger partial charge < -0.3 is 14.6 Å².